The van der Waals surface area contributed by atoms with Crippen LogP contribution in [0, 0.1) is 0 Å². The van der Waals surface area contributed by atoms with Crippen LogP contribution in [0.1, 0.15) is 12.5 Å². The molecule has 0 aromatic heterocycles. The Labute approximate surface area is 152 Å². The number of carbonyl (C=O) groups excluding carboxylic acids is 2. The molecule has 0 spiro atoms. The average molecular weight is 354 g/mol. The lowest BCUT2D eigenvalue weighted by molar-refractivity contribution is -0.128. The number of nitrogens with zero attached hydrogens (tertiary/aromatic N) is 1. The molecule has 0 saturated heterocycles. The van der Waals surface area contributed by atoms with Crippen LogP contribution in [0.3, 0.4) is 0 Å². The van der Waals surface area contributed by atoms with Crippen LogP contribution in [0.5, 0.6) is 11.5 Å². The van der Waals surface area contributed by atoms with Crippen LogP contribution < -0.4 is 19.7 Å². The second-order valence-electron chi connectivity index (χ2n) is 6.10. The van der Waals surface area contributed by atoms with Gasteiger partial charge < -0.3 is 19.7 Å². The third kappa shape index (κ3) is 3.79. The van der Waals surface area contributed by atoms with Crippen molar-refractivity contribution in [3.63, 3.8) is 0 Å². The van der Waals surface area contributed by atoms with E-state index in [1.54, 1.807) is 30.0 Å². The van der Waals surface area contributed by atoms with Gasteiger partial charge in [-0.25, -0.2) is 0 Å². The number of ether oxygens (including phenoxy) is 2. The molecule has 1 aliphatic rings. The van der Waals surface area contributed by atoms with Gasteiger partial charge in [0.05, 0.1) is 7.11 Å². The molecule has 0 saturated carbocycles. The maximum absolute atomic E-state index is 12.7. The van der Waals surface area contributed by atoms with Crippen LogP contribution >= 0.6 is 0 Å². The van der Waals surface area contributed by atoms with Gasteiger partial charge in [0.1, 0.15) is 6.04 Å². The first-order valence-electron chi connectivity index (χ1n) is 8.54. The molecule has 136 valence electrons. The quantitative estimate of drug-likeness (QED) is 0.863. The summed E-state index contributed by atoms with van der Waals surface area (Å²) in [4.78, 5) is 26.5. The number of fused-ring (bicyclic) bond motifs is 1. The van der Waals surface area contributed by atoms with Crippen LogP contribution in [-0.2, 0) is 16.0 Å². The third-order valence-corrected chi connectivity index (χ3v) is 4.33. The molecule has 0 fully saturated rings. The summed E-state index contributed by atoms with van der Waals surface area (Å²) >= 11 is 0. The van der Waals surface area contributed by atoms with Crippen LogP contribution in [-0.4, -0.2) is 38.1 Å². The van der Waals surface area contributed by atoms with Gasteiger partial charge in [0, 0.05) is 12.2 Å². The number of rotatable bonds is 6. The average Bonchev–Trinajstić information content (AvgIpc) is 3.10. The van der Waals surface area contributed by atoms with Crippen molar-refractivity contribution in [3.05, 3.63) is 54.1 Å². The van der Waals surface area contributed by atoms with Crippen molar-refractivity contribution in [2.75, 3.05) is 25.2 Å². The van der Waals surface area contributed by atoms with Gasteiger partial charge in [0.25, 0.3) is 5.91 Å². The Morgan fingerprint density at radius 3 is 2.58 bits per heavy atom. The van der Waals surface area contributed by atoms with E-state index in [2.05, 4.69) is 5.32 Å². The normalized spacial score (nSPS) is 13.7. The number of amides is 2. The van der Waals surface area contributed by atoms with Crippen molar-refractivity contribution >= 4 is 17.5 Å². The van der Waals surface area contributed by atoms with Crippen molar-refractivity contribution in [2.24, 2.45) is 0 Å². The molecule has 3 rings (SSSR count). The summed E-state index contributed by atoms with van der Waals surface area (Å²) in [5.74, 6) is 0.556. The lowest BCUT2D eigenvalue weighted by atomic mass is 10.2. The van der Waals surface area contributed by atoms with E-state index in [1.165, 1.54) is 7.11 Å². The van der Waals surface area contributed by atoms with Gasteiger partial charge in [-0.1, -0.05) is 30.3 Å². The first-order chi connectivity index (χ1) is 12.6. The first-order valence-corrected chi connectivity index (χ1v) is 8.54. The Morgan fingerprint density at radius 1 is 1.12 bits per heavy atom. The summed E-state index contributed by atoms with van der Waals surface area (Å²) in [6.45, 7) is 2.13. The molecule has 0 bridgehead atoms. The molecule has 2 aromatic carbocycles. The van der Waals surface area contributed by atoms with E-state index >= 15 is 0 Å². The lowest BCUT2D eigenvalue weighted by Crippen LogP contribution is -2.47. The minimum atomic E-state index is -0.630. The molecule has 6 heteroatoms. The molecule has 2 amide bonds. The summed E-state index contributed by atoms with van der Waals surface area (Å²) in [5.41, 5.74) is 2.07. The van der Waals surface area contributed by atoms with E-state index < -0.39 is 6.04 Å². The van der Waals surface area contributed by atoms with E-state index in [-0.39, 0.29) is 18.4 Å². The highest BCUT2D eigenvalue weighted by atomic mass is 16.5. The van der Waals surface area contributed by atoms with Gasteiger partial charge in [-0.15, -0.1) is 0 Å². The molecule has 0 unspecified atom stereocenters. The predicted molar refractivity (Wildman–Crippen MR) is 98.6 cm³/mol. The second-order valence-corrected chi connectivity index (χ2v) is 6.10. The number of carbonyl (C=O) groups is 2. The molecule has 1 aliphatic heterocycles. The fraction of sp³-hybridized carbons (Fsp3) is 0.300. The number of methoxy groups -OCH3 is 1. The van der Waals surface area contributed by atoms with Gasteiger partial charge in [0.15, 0.2) is 18.1 Å². The Balaban J connectivity index is 1.55. The maximum atomic E-state index is 12.7. The lowest BCUT2D eigenvalue weighted by Gasteiger charge is -2.22. The summed E-state index contributed by atoms with van der Waals surface area (Å²) in [7, 11) is 1.54. The summed E-state index contributed by atoms with van der Waals surface area (Å²) in [6, 6.07) is 14.3. The van der Waals surface area contributed by atoms with E-state index in [0.717, 1.165) is 17.7 Å². The van der Waals surface area contributed by atoms with Crippen molar-refractivity contribution in [1.29, 1.82) is 0 Å². The number of benzene rings is 2. The van der Waals surface area contributed by atoms with E-state index in [0.29, 0.717) is 18.0 Å². The molecule has 1 atom stereocenters. The monoisotopic (exact) mass is 354 g/mol. The molecule has 26 heavy (non-hydrogen) atoms. The Bertz CT molecular complexity index is 806. The highest BCUT2D eigenvalue weighted by Crippen LogP contribution is 2.28. The van der Waals surface area contributed by atoms with Crippen LogP contribution in [0.4, 0.5) is 5.69 Å². The fourth-order valence-electron chi connectivity index (χ4n) is 3.03. The van der Waals surface area contributed by atoms with Gasteiger partial charge in [-0.3, -0.25) is 9.59 Å². The largest absolute Gasteiger partial charge is 0.493 e. The van der Waals surface area contributed by atoms with Gasteiger partial charge in [-0.2, -0.15) is 0 Å². The fourth-order valence-corrected chi connectivity index (χ4v) is 3.03. The maximum Gasteiger partial charge on any atom is 0.258 e. The van der Waals surface area contributed by atoms with E-state index in [1.807, 2.05) is 30.3 Å². The van der Waals surface area contributed by atoms with Gasteiger partial charge in [-0.05, 0) is 37.1 Å². The minimum Gasteiger partial charge on any atom is -0.493 e. The zero-order chi connectivity index (χ0) is 18.5. The SMILES string of the molecule is COc1ccccc1OCC(=O)N[C@@H](C)C(=O)N1CCc2ccccc21. The summed E-state index contributed by atoms with van der Waals surface area (Å²) < 4.78 is 10.7. The second kappa shape index (κ2) is 7.91. The Hall–Kier alpha value is -3.02. The zero-order valence-corrected chi connectivity index (χ0v) is 14.9. The highest BCUT2D eigenvalue weighted by Gasteiger charge is 2.28. The number of hydrogen-bond acceptors (Lipinski definition) is 4. The number of anilines is 1. The van der Waals surface area contributed by atoms with Crippen LogP contribution in [0.2, 0.25) is 0 Å². The smallest absolute Gasteiger partial charge is 0.258 e. The van der Waals surface area contributed by atoms with Crippen molar-refractivity contribution in [1.82, 2.24) is 5.32 Å². The molecule has 0 aliphatic carbocycles. The number of hydrogen-bond donors (Lipinski definition) is 1. The Morgan fingerprint density at radius 2 is 1.81 bits per heavy atom. The minimum absolute atomic E-state index is 0.124. The van der Waals surface area contributed by atoms with Gasteiger partial charge in [0.2, 0.25) is 5.91 Å². The Kier molecular flexibility index (Phi) is 5.41. The molecule has 6 nitrogen and oxygen atoms in total. The highest BCUT2D eigenvalue weighted by molar-refractivity contribution is 6.00. The summed E-state index contributed by atoms with van der Waals surface area (Å²) in [6.07, 6.45) is 0.833. The van der Waals surface area contributed by atoms with Crippen LogP contribution in [0.25, 0.3) is 0 Å². The number of nitrogens with one attached hydrogen (secondary N) is 1. The van der Waals surface area contributed by atoms with Crippen molar-refractivity contribution < 1.29 is 19.1 Å². The first kappa shape index (κ1) is 17.8. The molecule has 1 N–H and O–H groups in total. The standard InChI is InChI=1S/C20H22N2O4/c1-14(20(24)22-12-11-15-7-3-4-8-16(15)22)21-19(23)13-26-18-10-6-5-9-17(18)25-2/h3-10,14H,11-13H2,1-2H3,(H,21,23)/t14-/m0/s1. The molecular weight excluding hydrogens is 332 g/mol. The topological polar surface area (TPSA) is 67.9 Å². The molecule has 0 radical (unpaired) electrons. The molecular formula is C20H22N2O4. The van der Waals surface area contributed by atoms with Crippen molar-refractivity contribution in [2.45, 2.75) is 19.4 Å². The summed E-state index contributed by atoms with van der Waals surface area (Å²) in [5, 5.41) is 2.70. The van der Waals surface area contributed by atoms with Crippen molar-refractivity contribution in [3.8, 4) is 11.5 Å². The predicted octanol–water partition coefficient (Wildman–Crippen LogP) is 2.17. The molecule has 1 heterocycles. The zero-order valence-electron chi connectivity index (χ0n) is 14.9. The molecule has 2 aromatic rings. The van der Waals surface area contributed by atoms with Gasteiger partial charge >= 0.3 is 0 Å². The number of para-hydroxylation sites is 3. The van der Waals surface area contributed by atoms with E-state index in [4.69, 9.17) is 9.47 Å². The van der Waals surface area contributed by atoms with Crippen LogP contribution in [0.15, 0.2) is 48.5 Å². The van der Waals surface area contributed by atoms with E-state index in [9.17, 15) is 9.59 Å². The third-order valence-electron chi connectivity index (χ3n) is 4.33.